The van der Waals surface area contributed by atoms with Crippen molar-refractivity contribution >= 4 is 10.0 Å². The first-order valence-corrected chi connectivity index (χ1v) is 9.32. The van der Waals surface area contributed by atoms with E-state index < -0.39 is 10.0 Å². The lowest BCUT2D eigenvalue weighted by Crippen LogP contribution is -2.38. The first kappa shape index (κ1) is 15.1. The molecule has 0 aliphatic heterocycles. The monoisotopic (exact) mass is 311 g/mol. The summed E-state index contributed by atoms with van der Waals surface area (Å²) in [6.07, 6.45) is 6.33. The lowest BCUT2D eigenvalue weighted by atomic mass is 9.96. The minimum absolute atomic E-state index is 0.123. The fourth-order valence-corrected chi connectivity index (χ4v) is 5.31. The zero-order valence-corrected chi connectivity index (χ0v) is 13.6. The maximum Gasteiger partial charge on any atom is 0.242 e. The van der Waals surface area contributed by atoms with Crippen LogP contribution in [-0.2, 0) is 16.6 Å². The molecule has 3 unspecified atom stereocenters. The van der Waals surface area contributed by atoms with Crippen LogP contribution in [0.4, 0.5) is 0 Å². The first-order valence-electron chi connectivity index (χ1n) is 7.84. The molecule has 1 aromatic heterocycles. The van der Waals surface area contributed by atoms with Crippen molar-refractivity contribution in [3.8, 4) is 0 Å². The Balaban J connectivity index is 1.81. The third-order valence-corrected chi connectivity index (χ3v) is 6.48. The number of hydrogen-bond donors (Lipinski definition) is 2. The Kier molecular flexibility index (Phi) is 3.88. The van der Waals surface area contributed by atoms with E-state index >= 15 is 0 Å². The summed E-state index contributed by atoms with van der Waals surface area (Å²) in [5.41, 5.74) is 6.58. The minimum Gasteiger partial charge on any atom is -0.346 e. The van der Waals surface area contributed by atoms with Crippen LogP contribution in [0.1, 0.15) is 51.3 Å². The van der Waals surface area contributed by atoms with E-state index in [1.807, 2.05) is 18.4 Å². The van der Waals surface area contributed by atoms with E-state index in [1.165, 1.54) is 19.3 Å². The number of hydrogen-bond acceptors (Lipinski definition) is 3. The van der Waals surface area contributed by atoms with Crippen LogP contribution in [0.25, 0.3) is 0 Å². The van der Waals surface area contributed by atoms with Crippen molar-refractivity contribution in [3.05, 3.63) is 18.0 Å². The third kappa shape index (κ3) is 2.76. The van der Waals surface area contributed by atoms with E-state index in [-0.39, 0.29) is 12.1 Å². The molecule has 1 heterocycles. The predicted molar refractivity (Wildman–Crippen MR) is 82.3 cm³/mol. The second kappa shape index (κ2) is 5.41. The number of aromatic nitrogens is 1. The Labute approximate surface area is 127 Å². The van der Waals surface area contributed by atoms with Gasteiger partial charge in [-0.3, -0.25) is 0 Å². The van der Waals surface area contributed by atoms with Gasteiger partial charge in [-0.15, -0.1) is 0 Å². The third-order valence-electron chi connectivity index (χ3n) is 5.03. The predicted octanol–water partition coefficient (Wildman–Crippen LogP) is 1.99. The van der Waals surface area contributed by atoms with Crippen LogP contribution in [0, 0.1) is 11.8 Å². The Morgan fingerprint density at radius 3 is 2.62 bits per heavy atom. The molecule has 0 saturated heterocycles. The topological polar surface area (TPSA) is 77.1 Å². The number of rotatable bonds is 5. The molecule has 0 radical (unpaired) electrons. The van der Waals surface area contributed by atoms with Gasteiger partial charge in [0.1, 0.15) is 0 Å². The zero-order valence-electron chi connectivity index (χ0n) is 12.7. The second-order valence-electron chi connectivity index (χ2n) is 6.77. The van der Waals surface area contributed by atoms with E-state index in [2.05, 4.69) is 4.72 Å². The standard InChI is InChI=1S/C15H25N3O2S/c1-10(2)18-9-14(7-13(18)8-16)21(19,20)17-15-6-11-3-4-12(15)5-11/h7,9-12,15,17H,3-6,8,16H2,1-2H3. The average Bonchev–Trinajstić information content (AvgIpc) is 3.12. The molecule has 2 bridgehead atoms. The Bertz CT molecular complexity index is 621. The van der Waals surface area contributed by atoms with Gasteiger partial charge in [0.15, 0.2) is 0 Å². The van der Waals surface area contributed by atoms with Crippen molar-refractivity contribution in [2.45, 2.75) is 63.1 Å². The number of sulfonamides is 1. The van der Waals surface area contributed by atoms with Crippen LogP contribution >= 0.6 is 0 Å². The van der Waals surface area contributed by atoms with E-state index in [4.69, 9.17) is 5.73 Å². The summed E-state index contributed by atoms with van der Waals surface area (Å²) in [4.78, 5) is 0.347. The van der Waals surface area contributed by atoms with Crippen molar-refractivity contribution in [2.75, 3.05) is 0 Å². The summed E-state index contributed by atoms with van der Waals surface area (Å²) in [5, 5.41) is 0. The fraction of sp³-hybridized carbons (Fsp3) is 0.733. The maximum absolute atomic E-state index is 12.6. The lowest BCUT2D eigenvalue weighted by Gasteiger charge is -2.22. The van der Waals surface area contributed by atoms with Gasteiger partial charge >= 0.3 is 0 Å². The van der Waals surface area contributed by atoms with Crippen molar-refractivity contribution in [1.82, 2.24) is 9.29 Å². The highest BCUT2D eigenvalue weighted by molar-refractivity contribution is 7.89. The molecule has 6 heteroatoms. The normalized spacial score (nSPS) is 28.7. The summed E-state index contributed by atoms with van der Waals surface area (Å²) >= 11 is 0. The van der Waals surface area contributed by atoms with Crippen molar-refractivity contribution in [1.29, 1.82) is 0 Å². The number of fused-ring (bicyclic) bond motifs is 2. The Morgan fingerprint density at radius 1 is 1.38 bits per heavy atom. The van der Waals surface area contributed by atoms with Gasteiger partial charge in [-0.25, -0.2) is 13.1 Å². The smallest absolute Gasteiger partial charge is 0.242 e. The van der Waals surface area contributed by atoms with E-state index in [9.17, 15) is 8.42 Å². The molecule has 5 nitrogen and oxygen atoms in total. The summed E-state index contributed by atoms with van der Waals surface area (Å²) in [6.45, 7) is 4.40. The first-order chi connectivity index (χ1) is 9.90. The molecule has 3 atom stereocenters. The van der Waals surface area contributed by atoms with E-state index in [0.29, 0.717) is 17.4 Å². The van der Waals surface area contributed by atoms with Crippen molar-refractivity contribution in [2.24, 2.45) is 17.6 Å². The van der Waals surface area contributed by atoms with Gasteiger partial charge in [0, 0.05) is 30.5 Å². The van der Waals surface area contributed by atoms with Gasteiger partial charge < -0.3 is 10.3 Å². The van der Waals surface area contributed by atoms with Gasteiger partial charge in [-0.2, -0.15) is 0 Å². The minimum atomic E-state index is -3.44. The fourth-order valence-electron chi connectivity index (χ4n) is 3.94. The highest BCUT2D eigenvalue weighted by Crippen LogP contribution is 2.44. The summed E-state index contributed by atoms with van der Waals surface area (Å²) in [6, 6.07) is 2.03. The summed E-state index contributed by atoms with van der Waals surface area (Å²) in [5.74, 6) is 1.26. The van der Waals surface area contributed by atoms with Gasteiger partial charge in [0.05, 0.1) is 4.90 Å². The molecule has 2 aliphatic rings. The molecule has 2 aliphatic carbocycles. The summed E-state index contributed by atoms with van der Waals surface area (Å²) in [7, 11) is -3.44. The van der Waals surface area contributed by atoms with Gasteiger partial charge in [-0.05, 0) is 51.0 Å². The largest absolute Gasteiger partial charge is 0.346 e. The van der Waals surface area contributed by atoms with Gasteiger partial charge in [0.2, 0.25) is 10.0 Å². The second-order valence-corrected chi connectivity index (χ2v) is 8.49. The van der Waals surface area contributed by atoms with Crippen molar-refractivity contribution < 1.29 is 8.42 Å². The molecule has 0 aromatic carbocycles. The molecule has 118 valence electrons. The molecule has 0 spiro atoms. The highest BCUT2D eigenvalue weighted by Gasteiger charge is 2.41. The maximum atomic E-state index is 12.6. The van der Waals surface area contributed by atoms with E-state index in [1.54, 1.807) is 12.3 Å². The van der Waals surface area contributed by atoms with Crippen molar-refractivity contribution in [3.63, 3.8) is 0 Å². The molecule has 3 N–H and O–H groups in total. The van der Waals surface area contributed by atoms with Crippen LogP contribution in [0.5, 0.6) is 0 Å². The van der Waals surface area contributed by atoms with Gasteiger partial charge in [0.25, 0.3) is 0 Å². The van der Waals surface area contributed by atoms with Crippen LogP contribution in [0.3, 0.4) is 0 Å². The summed E-state index contributed by atoms with van der Waals surface area (Å²) < 4.78 is 30.1. The highest BCUT2D eigenvalue weighted by atomic mass is 32.2. The van der Waals surface area contributed by atoms with E-state index in [0.717, 1.165) is 18.0 Å². The molecular weight excluding hydrogens is 286 g/mol. The SMILES string of the molecule is CC(C)n1cc(S(=O)(=O)NC2CC3CCC2C3)cc1CN. The molecule has 21 heavy (non-hydrogen) atoms. The molecule has 2 fully saturated rings. The number of nitrogens with one attached hydrogen (secondary N) is 1. The molecule has 3 rings (SSSR count). The average molecular weight is 311 g/mol. The lowest BCUT2D eigenvalue weighted by molar-refractivity contribution is 0.390. The molecule has 1 aromatic rings. The van der Waals surface area contributed by atoms with Crippen LogP contribution in [-0.4, -0.2) is 19.0 Å². The van der Waals surface area contributed by atoms with Crippen LogP contribution in [0.2, 0.25) is 0 Å². The molecule has 0 amide bonds. The number of nitrogens with two attached hydrogens (primary N) is 1. The van der Waals surface area contributed by atoms with Crippen LogP contribution < -0.4 is 10.5 Å². The Morgan fingerprint density at radius 2 is 2.14 bits per heavy atom. The zero-order chi connectivity index (χ0) is 15.2. The van der Waals surface area contributed by atoms with Crippen LogP contribution in [0.15, 0.2) is 17.2 Å². The van der Waals surface area contributed by atoms with Gasteiger partial charge in [-0.1, -0.05) is 6.42 Å². The Hall–Kier alpha value is -0.850. The number of nitrogens with zero attached hydrogens (tertiary/aromatic N) is 1. The molecular formula is C15H25N3O2S. The quantitative estimate of drug-likeness (QED) is 0.873. The molecule has 2 saturated carbocycles.